The van der Waals surface area contributed by atoms with E-state index in [9.17, 15) is 0 Å². The van der Waals surface area contributed by atoms with Gasteiger partial charge in [-0.2, -0.15) is 0 Å². The molecule has 0 spiro atoms. The van der Waals surface area contributed by atoms with Gasteiger partial charge in [0.1, 0.15) is 5.75 Å². The van der Waals surface area contributed by atoms with E-state index in [1.807, 2.05) is 12.1 Å². The Labute approximate surface area is 187 Å². The Balaban J connectivity index is 0.00000392. The predicted molar refractivity (Wildman–Crippen MR) is 127 cm³/mol. The molecule has 0 radical (unpaired) electrons. The molecule has 1 heterocycles. The molecule has 1 aromatic carbocycles. The SMILES string of the molecule is CCNC(=NCC1CN(CC(C)C)CCO1)N(C)Cc1ccc(OC)cc1.I. The number of benzene rings is 1. The highest BCUT2D eigenvalue weighted by Crippen LogP contribution is 2.13. The number of nitrogens with one attached hydrogen (secondary N) is 1. The third-order valence-corrected chi connectivity index (χ3v) is 4.57. The quantitative estimate of drug-likeness (QED) is 0.335. The van der Waals surface area contributed by atoms with Crippen molar-refractivity contribution in [2.75, 3.05) is 53.5 Å². The molecule has 0 aliphatic carbocycles. The summed E-state index contributed by atoms with van der Waals surface area (Å²) in [7, 11) is 3.76. The summed E-state index contributed by atoms with van der Waals surface area (Å²) < 4.78 is 11.2. The molecule has 2 rings (SSSR count). The molecule has 0 aromatic heterocycles. The summed E-state index contributed by atoms with van der Waals surface area (Å²) in [6.07, 6.45) is 0.167. The number of methoxy groups -OCH3 is 1. The van der Waals surface area contributed by atoms with Gasteiger partial charge >= 0.3 is 0 Å². The maximum absolute atomic E-state index is 5.93. The number of ether oxygens (including phenoxy) is 2. The topological polar surface area (TPSA) is 49.3 Å². The van der Waals surface area contributed by atoms with Crippen molar-refractivity contribution >= 4 is 29.9 Å². The fourth-order valence-electron chi connectivity index (χ4n) is 3.31. The van der Waals surface area contributed by atoms with Crippen molar-refractivity contribution in [1.82, 2.24) is 15.1 Å². The molecule has 1 atom stereocenters. The highest BCUT2D eigenvalue weighted by molar-refractivity contribution is 14.0. The van der Waals surface area contributed by atoms with Crippen molar-refractivity contribution in [3.8, 4) is 5.75 Å². The van der Waals surface area contributed by atoms with Crippen molar-refractivity contribution in [1.29, 1.82) is 0 Å². The van der Waals surface area contributed by atoms with Gasteiger partial charge < -0.3 is 19.7 Å². The van der Waals surface area contributed by atoms with Crippen LogP contribution in [0.1, 0.15) is 26.3 Å². The van der Waals surface area contributed by atoms with E-state index in [2.05, 4.69) is 55.1 Å². The van der Waals surface area contributed by atoms with Gasteiger partial charge in [0.05, 0.1) is 26.4 Å². The van der Waals surface area contributed by atoms with Crippen molar-refractivity contribution < 1.29 is 9.47 Å². The largest absolute Gasteiger partial charge is 0.497 e. The number of morpholine rings is 1. The average molecular weight is 504 g/mol. The van der Waals surface area contributed by atoms with E-state index in [4.69, 9.17) is 14.5 Å². The Hall–Kier alpha value is -1.06. The van der Waals surface area contributed by atoms with Gasteiger partial charge in [0.15, 0.2) is 5.96 Å². The van der Waals surface area contributed by atoms with Gasteiger partial charge in [0, 0.05) is 39.8 Å². The Morgan fingerprint density at radius 2 is 2.07 bits per heavy atom. The van der Waals surface area contributed by atoms with Gasteiger partial charge in [-0.25, -0.2) is 0 Å². The Kier molecular flexibility index (Phi) is 11.8. The smallest absolute Gasteiger partial charge is 0.194 e. The molecule has 28 heavy (non-hydrogen) atoms. The van der Waals surface area contributed by atoms with Crippen LogP contribution < -0.4 is 10.1 Å². The first-order valence-electron chi connectivity index (χ1n) is 9.98. The van der Waals surface area contributed by atoms with Crippen LogP contribution in [0.5, 0.6) is 5.75 Å². The minimum atomic E-state index is 0. The van der Waals surface area contributed by atoms with E-state index in [0.717, 1.165) is 51.0 Å². The van der Waals surface area contributed by atoms with E-state index in [0.29, 0.717) is 12.5 Å². The number of nitrogens with zero attached hydrogens (tertiary/aromatic N) is 3. The van der Waals surface area contributed by atoms with Crippen LogP contribution in [0.4, 0.5) is 0 Å². The van der Waals surface area contributed by atoms with Crippen molar-refractivity contribution in [2.45, 2.75) is 33.4 Å². The number of rotatable bonds is 8. The summed E-state index contributed by atoms with van der Waals surface area (Å²) in [5.74, 6) is 2.47. The number of halogens is 1. The van der Waals surface area contributed by atoms with Crippen molar-refractivity contribution in [2.24, 2.45) is 10.9 Å². The van der Waals surface area contributed by atoms with Crippen LogP contribution in [0.3, 0.4) is 0 Å². The lowest BCUT2D eigenvalue weighted by Gasteiger charge is -2.33. The van der Waals surface area contributed by atoms with E-state index >= 15 is 0 Å². The Morgan fingerprint density at radius 1 is 1.36 bits per heavy atom. The lowest BCUT2D eigenvalue weighted by Crippen LogP contribution is -2.46. The minimum Gasteiger partial charge on any atom is -0.497 e. The zero-order valence-corrected chi connectivity index (χ0v) is 20.3. The van der Waals surface area contributed by atoms with Gasteiger partial charge in [0.25, 0.3) is 0 Å². The fraction of sp³-hybridized carbons (Fsp3) is 0.667. The lowest BCUT2D eigenvalue weighted by molar-refractivity contribution is -0.0262. The molecule has 1 unspecified atom stereocenters. The summed E-state index contributed by atoms with van der Waals surface area (Å²) in [5, 5.41) is 3.39. The maximum atomic E-state index is 5.93. The molecule has 1 saturated heterocycles. The summed E-state index contributed by atoms with van der Waals surface area (Å²) in [4.78, 5) is 9.48. The molecule has 7 heteroatoms. The summed E-state index contributed by atoms with van der Waals surface area (Å²) in [5.41, 5.74) is 1.22. The Morgan fingerprint density at radius 3 is 2.68 bits per heavy atom. The maximum Gasteiger partial charge on any atom is 0.194 e. The first kappa shape index (κ1) is 25.0. The van der Waals surface area contributed by atoms with Crippen molar-refractivity contribution in [3.05, 3.63) is 29.8 Å². The van der Waals surface area contributed by atoms with Crippen LogP contribution in [0.25, 0.3) is 0 Å². The normalized spacial score (nSPS) is 17.9. The zero-order chi connectivity index (χ0) is 19.6. The monoisotopic (exact) mass is 504 g/mol. The third kappa shape index (κ3) is 8.53. The highest BCUT2D eigenvalue weighted by Gasteiger charge is 2.21. The van der Waals surface area contributed by atoms with Gasteiger partial charge in [-0.15, -0.1) is 24.0 Å². The third-order valence-electron chi connectivity index (χ3n) is 4.57. The lowest BCUT2D eigenvalue weighted by atomic mass is 10.2. The predicted octanol–water partition coefficient (Wildman–Crippen LogP) is 3.07. The highest BCUT2D eigenvalue weighted by atomic mass is 127. The molecule has 1 aliphatic rings. The second kappa shape index (κ2) is 13.2. The Bertz CT molecular complexity index is 580. The van der Waals surface area contributed by atoms with Crippen LogP contribution in [0.2, 0.25) is 0 Å². The molecule has 1 fully saturated rings. The van der Waals surface area contributed by atoms with Gasteiger partial charge in [-0.05, 0) is 30.5 Å². The summed E-state index contributed by atoms with van der Waals surface area (Å²) in [6.45, 7) is 12.9. The number of hydrogen-bond acceptors (Lipinski definition) is 4. The minimum absolute atomic E-state index is 0. The molecule has 1 aliphatic heterocycles. The summed E-state index contributed by atoms with van der Waals surface area (Å²) >= 11 is 0. The molecule has 160 valence electrons. The molecule has 1 N–H and O–H groups in total. The van der Waals surface area contributed by atoms with Gasteiger partial charge in [-0.3, -0.25) is 9.89 Å². The van der Waals surface area contributed by atoms with E-state index < -0.39 is 0 Å². The molecule has 0 amide bonds. The molecular formula is C21H37IN4O2. The first-order valence-corrected chi connectivity index (χ1v) is 9.98. The van der Waals surface area contributed by atoms with E-state index in [1.165, 1.54) is 5.56 Å². The van der Waals surface area contributed by atoms with Crippen molar-refractivity contribution in [3.63, 3.8) is 0 Å². The summed E-state index contributed by atoms with van der Waals surface area (Å²) in [6, 6.07) is 8.17. The van der Waals surface area contributed by atoms with Gasteiger partial charge in [-0.1, -0.05) is 26.0 Å². The first-order chi connectivity index (χ1) is 13.0. The molecule has 1 aromatic rings. The molecule has 6 nitrogen and oxygen atoms in total. The van der Waals surface area contributed by atoms with E-state index in [1.54, 1.807) is 7.11 Å². The van der Waals surface area contributed by atoms with Gasteiger partial charge in [0.2, 0.25) is 0 Å². The fourth-order valence-corrected chi connectivity index (χ4v) is 3.31. The van der Waals surface area contributed by atoms with Crippen LogP contribution in [-0.2, 0) is 11.3 Å². The van der Waals surface area contributed by atoms with Crippen LogP contribution in [0, 0.1) is 5.92 Å². The van der Waals surface area contributed by atoms with Crippen LogP contribution in [-0.4, -0.2) is 75.4 Å². The van der Waals surface area contributed by atoms with Crippen LogP contribution >= 0.6 is 24.0 Å². The van der Waals surface area contributed by atoms with E-state index in [-0.39, 0.29) is 30.1 Å². The number of aliphatic imine (C=N–C) groups is 1. The average Bonchev–Trinajstić information content (AvgIpc) is 2.65. The molecule has 0 saturated carbocycles. The molecular weight excluding hydrogens is 467 g/mol. The molecule has 0 bridgehead atoms. The second-order valence-corrected chi connectivity index (χ2v) is 7.54. The second-order valence-electron chi connectivity index (χ2n) is 7.54. The number of hydrogen-bond donors (Lipinski definition) is 1. The van der Waals surface area contributed by atoms with Crippen LogP contribution in [0.15, 0.2) is 29.3 Å². The number of guanidine groups is 1. The standard InChI is InChI=1S/C21H36N4O2.HI/c1-6-22-21(24(4)15-18-7-9-19(26-5)10-8-18)23-13-20-16-25(11-12-27-20)14-17(2)3;/h7-10,17,20H,6,11-16H2,1-5H3,(H,22,23);1H. The zero-order valence-electron chi connectivity index (χ0n) is 18.0.